The van der Waals surface area contributed by atoms with Crippen LogP contribution in [0.4, 0.5) is 0 Å². The Labute approximate surface area is 188 Å². The van der Waals surface area contributed by atoms with Crippen LogP contribution in [0, 0.1) is 5.41 Å². The molecule has 2 aromatic carbocycles. The summed E-state index contributed by atoms with van der Waals surface area (Å²) >= 11 is 0. The van der Waals surface area contributed by atoms with Gasteiger partial charge in [-0.25, -0.2) is 4.98 Å². The number of benzene rings is 2. The van der Waals surface area contributed by atoms with E-state index in [1.165, 1.54) is 0 Å². The number of nitrogens with zero attached hydrogens (tertiary/aromatic N) is 2. The fourth-order valence-corrected chi connectivity index (χ4v) is 4.27. The van der Waals surface area contributed by atoms with Gasteiger partial charge in [-0.3, -0.25) is 9.59 Å². The van der Waals surface area contributed by atoms with E-state index in [2.05, 4.69) is 5.32 Å². The normalized spacial score (nSPS) is 14.6. The predicted molar refractivity (Wildman–Crippen MR) is 124 cm³/mol. The molecule has 1 atom stereocenters. The molecule has 164 valence electrons. The molecule has 0 fully saturated rings. The van der Waals surface area contributed by atoms with Crippen molar-refractivity contribution in [1.29, 1.82) is 0 Å². The van der Waals surface area contributed by atoms with E-state index in [0.29, 0.717) is 17.2 Å². The highest BCUT2D eigenvalue weighted by Crippen LogP contribution is 2.51. The first-order valence-electron chi connectivity index (χ1n) is 10.6. The van der Waals surface area contributed by atoms with Gasteiger partial charge in [-0.1, -0.05) is 50.2 Å². The highest BCUT2D eigenvalue weighted by atomic mass is 16.5. The van der Waals surface area contributed by atoms with Gasteiger partial charge >= 0.3 is 0 Å². The molecule has 1 aromatic heterocycles. The summed E-state index contributed by atoms with van der Waals surface area (Å²) in [4.78, 5) is 31.3. The molecule has 0 bridgehead atoms. The minimum atomic E-state index is -0.708. The molecule has 0 saturated carbocycles. The van der Waals surface area contributed by atoms with E-state index in [1.54, 1.807) is 38.2 Å². The molecule has 0 spiro atoms. The summed E-state index contributed by atoms with van der Waals surface area (Å²) < 4.78 is 6.17. The molecule has 2 amide bonds. The molecule has 2 heterocycles. The van der Waals surface area contributed by atoms with Crippen LogP contribution in [-0.4, -0.2) is 42.8 Å². The highest BCUT2D eigenvalue weighted by molar-refractivity contribution is 5.94. The SMILES string of the molecule is CNC(=O)C(C)(C)C1c2ccccc2Oc2nc(-c3ccc(C(=O)N(C)C)cc3)ccc21. The minimum Gasteiger partial charge on any atom is -0.438 e. The minimum absolute atomic E-state index is 0.0459. The number of hydrogen-bond donors (Lipinski definition) is 1. The maximum atomic E-state index is 12.8. The summed E-state index contributed by atoms with van der Waals surface area (Å²) in [6, 6.07) is 19.1. The largest absolute Gasteiger partial charge is 0.438 e. The molecule has 1 aliphatic heterocycles. The number of rotatable bonds is 4. The summed E-state index contributed by atoms with van der Waals surface area (Å²) in [7, 11) is 5.11. The molecule has 6 heteroatoms. The van der Waals surface area contributed by atoms with E-state index in [-0.39, 0.29) is 17.7 Å². The van der Waals surface area contributed by atoms with Crippen LogP contribution < -0.4 is 10.1 Å². The molecule has 32 heavy (non-hydrogen) atoms. The highest BCUT2D eigenvalue weighted by Gasteiger charge is 2.43. The molecule has 0 saturated heterocycles. The van der Waals surface area contributed by atoms with Crippen molar-refractivity contribution in [2.45, 2.75) is 19.8 Å². The van der Waals surface area contributed by atoms with Gasteiger partial charge in [0.15, 0.2) is 0 Å². The number of carbonyl (C=O) groups excluding carboxylic acids is 2. The van der Waals surface area contributed by atoms with Gasteiger partial charge in [0.05, 0.1) is 11.1 Å². The molecular formula is C26H27N3O3. The van der Waals surface area contributed by atoms with E-state index >= 15 is 0 Å². The second-order valence-electron chi connectivity index (χ2n) is 8.74. The van der Waals surface area contributed by atoms with Crippen molar-refractivity contribution >= 4 is 11.8 Å². The molecule has 3 aromatic rings. The third-order valence-electron chi connectivity index (χ3n) is 6.01. The van der Waals surface area contributed by atoms with Crippen molar-refractivity contribution in [2.75, 3.05) is 21.1 Å². The Morgan fingerprint density at radius 1 is 0.969 bits per heavy atom. The lowest BCUT2D eigenvalue weighted by molar-refractivity contribution is -0.129. The van der Waals surface area contributed by atoms with Crippen molar-refractivity contribution in [1.82, 2.24) is 15.2 Å². The first kappa shape index (κ1) is 21.6. The second-order valence-corrected chi connectivity index (χ2v) is 8.74. The first-order valence-corrected chi connectivity index (χ1v) is 10.6. The van der Waals surface area contributed by atoms with Crippen LogP contribution in [0.15, 0.2) is 60.7 Å². The van der Waals surface area contributed by atoms with Gasteiger partial charge in [0, 0.05) is 49.3 Å². The van der Waals surface area contributed by atoms with E-state index in [4.69, 9.17) is 9.72 Å². The van der Waals surface area contributed by atoms with Crippen LogP contribution in [0.1, 0.15) is 41.3 Å². The average molecular weight is 430 g/mol. The lowest BCUT2D eigenvalue weighted by Crippen LogP contribution is -2.40. The summed E-state index contributed by atoms with van der Waals surface area (Å²) in [5.41, 5.74) is 3.38. The van der Waals surface area contributed by atoms with Crippen molar-refractivity contribution in [3.8, 4) is 22.9 Å². The first-order chi connectivity index (χ1) is 15.2. The number of fused-ring (bicyclic) bond motifs is 2. The Morgan fingerprint density at radius 2 is 1.66 bits per heavy atom. The summed E-state index contributed by atoms with van der Waals surface area (Å²) in [5, 5.41) is 2.79. The van der Waals surface area contributed by atoms with Crippen LogP contribution >= 0.6 is 0 Å². The molecule has 1 N–H and O–H groups in total. The third-order valence-corrected chi connectivity index (χ3v) is 6.01. The quantitative estimate of drug-likeness (QED) is 0.665. The Hall–Kier alpha value is -3.67. The molecule has 1 aliphatic rings. The molecule has 0 aliphatic carbocycles. The number of ether oxygens (including phenoxy) is 1. The zero-order chi connectivity index (χ0) is 23.0. The number of hydrogen-bond acceptors (Lipinski definition) is 4. The summed E-state index contributed by atoms with van der Waals surface area (Å²) in [6.45, 7) is 3.88. The van der Waals surface area contributed by atoms with Crippen molar-refractivity contribution in [3.05, 3.63) is 77.4 Å². The molecule has 1 unspecified atom stereocenters. The van der Waals surface area contributed by atoms with Crippen LogP contribution in [-0.2, 0) is 4.79 Å². The maximum absolute atomic E-state index is 12.8. The van der Waals surface area contributed by atoms with Gasteiger partial charge in [-0.05, 0) is 24.3 Å². The van der Waals surface area contributed by atoms with Crippen LogP contribution in [0.3, 0.4) is 0 Å². The van der Waals surface area contributed by atoms with Crippen LogP contribution in [0.25, 0.3) is 11.3 Å². The van der Waals surface area contributed by atoms with Crippen molar-refractivity contribution in [3.63, 3.8) is 0 Å². The van der Waals surface area contributed by atoms with Gasteiger partial charge in [-0.2, -0.15) is 0 Å². The fourth-order valence-electron chi connectivity index (χ4n) is 4.27. The lowest BCUT2D eigenvalue weighted by Gasteiger charge is -2.37. The monoisotopic (exact) mass is 429 g/mol. The van der Waals surface area contributed by atoms with E-state index < -0.39 is 5.41 Å². The smallest absolute Gasteiger partial charge is 0.253 e. The zero-order valence-corrected chi connectivity index (χ0v) is 19.0. The molecule has 6 nitrogen and oxygen atoms in total. The molecule has 0 radical (unpaired) electrons. The molecular weight excluding hydrogens is 402 g/mol. The molecule has 4 rings (SSSR count). The average Bonchev–Trinajstić information content (AvgIpc) is 2.80. The van der Waals surface area contributed by atoms with E-state index in [1.807, 2.05) is 62.4 Å². The summed E-state index contributed by atoms with van der Waals surface area (Å²) in [6.07, 6.45) is 0. The number of carbonyl (C=O) groups is 2. The Bertz CT molecular complexity index is 1180. The van der Waals surface area contributed by atoms with Gasteiger partial charge in [-0.15, -0.1) is 0 Å². The predicted octanol–water partition coefficient (Wildman–Crippen LogP) is 4.46. The number of aromatic nitrogens is 1. The third kappa shape index (κ3) is 3.62. The Balaban J connectivity index is 1.77. The maximum Gasteiger partial charge on any atom is 0.253 e. The summed E-state index contributed by atoms with van der Waals surface area (Å²) in [5.74, 6) is 0.906. The van der Waals surface area contributed by atoms with Gasteiger partial charge in [0.1, 0.15) is 5.75 Å². The van der Waals surface area contributed by atoms with E-state index in [0.717, 1.165) is 22.4 Å². The number of para-hydroxylation sites is 1. The Kier molecular flexibility index (Phi) is 5.46. The van der Waals surface area contributed by atoms with Crippen molar-refractivity contribution in [2.24, 2.45) is 5.41 Å². The lowest BCUT2D eigenvalue weighted by atomic mass is 9.69. The van der Waals surface area contributed by atoms with Gasteiger partial charge < -0.3 is 15.0 Å². The van der Waals surface area contributed by atoms with Gasteiger partial charge in [0.25, 0.3) is 5.91 Å². The second kappa shape index (κ2) is 8.11. The number of nitrogens with one attached hydrogen (secondary N) is 1. The van der Waals surface area contributed by atoms with E-state index in [9.17, 15) is 9.59 Å². The Morgan fingerprint density at radius 3 is 2.31 bits per heavy atom. The standard InChI is InChI=1S/C26H27N3O3/c1-26(2,25(31)27-3)22-18-8-6-7-9-21(18)32-23-19(22)14-15-20(28-23)16-10-12-17(13-11-16)24(30)29(4)5/h6-15,22H,1-5H3,(H,27,31). The number of amides is 2. The fraction of sp³-hybridized carbons (Fsp3) is 0.269. The van der Waals surface area contributed by atoms with Crippen LogP contribution in [0.5, 0.6) is 11.6 Å². The van der Waals surface area contributed by atoms with Gasteiger partial charge in [0.2, 0.25) is 11.8 Å². The zero-order valence-electron chi connectivity index (χ0n) is 19.0. The van der Waals surface area contributed by atoms with Crippen molar-refractivity contribution < 1.29 is 14.3 Å². The van der Waals surface area contributed by atoms with Crippen LogP contribution in [0.2, 0.25) is 0 Å². The number of pyridine rings is 1. The topological polar surface area (TPSA) is 71.5 Å².